The molecule has 0 aliphatic rings. The maximum Gasteiger partial charge on any atom is 0.397 e. The average Bonchev–Trinajstić information content (AvgIpc) is 3.14. The molecule has 0 atom stereocenters. The topological polar surface area (TPSA) is 454 Å². The van der Waals surface area contributed by atoms with Crippen LogP contribution in [-0.2, 0) is 79.2 Å². The van der Waals surface area contributed by atoms with Gasteiger partial charge in [-0.3, -0.25) is 22.8 Å². The summed E-state index contributed by atoms with van der Waals surface area (Å²) in [6.07, 6.45) is 0. The molecule has 346 valence electrons. The molecule has 0 heterocycles. The number of azo groups is 2. The van der Waals surface area contributed by atoms with Gasteiger partial charge in [0.25, 0.3) is 30.4 Å². The van der Waals surface area contributed by atoms with Gasteiger partial charge in [0.15, 0.2) is 25.4 Å². The molecule has 8 N–H and O–H groups in total. The minimum absolute atomic E-state index is 0.190. The predicted molar refractivity (Wildman–Crippen MR) is 217 cm³/mol. The first kappa shape index (κ1) is 49.8. The number of phenols is 1. The maximum atomic E-state index is 12.8. The fraction of sp³-hybridized carbons (Fsp3) is 0.133. The van der Waals surface area contributed by atoms with Crippen LogP contribution in [0.4, 0.5) is 28.4 Å². The normalized spacial score (nSPS) is 13.7. The SMILES string of the molecule is Nc1c(N=Nc2ccc(S(=O)(=O)CCOS(=O)(=O)O)cc2)c(S(=O)(=O)O)cc2cc(S(=O)(=O)O)c(N=Nc3ccc4cc(S(=O)(=O)CCOS(=O)(=O)O)cc(S(=O)(=O)O)c4c3)c(O)c12. The number of nitrogens with two attached hydrogens (primary N) is 1. The summed E-state index contributed by atoms with van der Waals surface area (Å²) in [6, 6.07) is 9.57. The van der Waals surface area contributed by atoms with Gasteiger partial charge in [-0.1, -0.05) is 6.07 Å². The number of benzene rings is 5. The van der Waals surface area contributed by atoms with Gasteiger partial charge >= 0.3 is 20.8 Å². The molecule has 64 heavy (non-hydrogen) atoms. The third kappa shape index (κ3) is 11.9. The molecule has 0 radical (unpaired) electrons. The molecule has 0 spiro atoms. The molecule has 0 saturated heterocycles. The van der Waals surface area contributed by atoms with Gasteiger partial charge in [-0.15, -0.1) is 10.2 Å². The molecule has 0 amide bonds. The van der Waals surface area contributed by atoms with E-state index >= 15 is 0 Å². The molecule has 0 fully saturated rings. The molecule has 27 nitrogen and oxygen atoms in total. The van der Waals surface area contributed by atoms with E-state index in [-0.39, 0.29) is 21.7 Å². The third-order valence-electron chi connectivity index (χ3n) is 8.28. The van der Waals surface area contributed by atoms with Crippen molar-refractivity contribution in [3.05, 3.63) is 66.7 Å². The molecule has 5 aromatic rings. The summed E-state index contributed by atoms with van der Waals surface area (Å²) in [5.41, 5.74) is 2.84. The largest absolute Gasteiger partial charge is 0.505 e. The highest BCUT2D eigenvalue weighted by Crippen LogP contribution is 2.48. The Balaban J connectivity index is 1.61. The number of hydrogen-bond donors (Lipinski definition) is 7. The zero-order valence-electron chi connectivity index (χ0n) is 31.1. The van der Waals surface area contributed by atoms with Crippen molar-refractivity contribution in [3.8, 4) is 5.75 Å². The van der Waals surface area contributed by atoms with Crippen molar-refractivity contribution in [1.82, 2.24) is 0 Å². The lowest BCUT2D eigenvalue weighted by Crippen LogP contribution is -2.16. The summed E-state index contributed by atoms with van der Waals surface area (Å²) in [7, 11) is -34.7. The van der Waals surface area contributed by atoms with Crippen molar-refractivity contribution < 1.29 is 95.2 Å². The minimum atomic E-state index is -5.41. The van der Waals surface area contributed by atoms with E-state index in [1.54, 1.807) is 0 Å². The molecule has 0 saturated carbocycles. The molecule has 0 aliphatic carbocycles. The monoisotopic (exact) mass is 1030 g/mol. The number of fused-ring (bicyclic) bond motifs is 2. The van der Waals surface area contributed by atoms with Gasteiger partial charge < -0.3 is 10.8 Å². The zero-order chi connectivity index (χ0) is 48.0. The fourth-order valence-electron chi connectivity index (χ4n) is 5.51. The van der Waals surface area contributed by atoms with Gasteiger partial charge in [0.05, 0.1) is 57.0 Å². The van der Waals surface area contributed by atoms with Crippen molar-refractivity contribution in [2.45, 2.75) is 24.5 Å². The summed E-state index contributed by atoms with van der Waals surface area (Å²) < 4.78 is 224. The van der Waals surface area contributed by atoms with Crippen molar-refractivity contribution in [1.29, 1.82) is 0 Å². The summed E-state index contributed by atoms with van der Waals surface area (Å²) >= 11 is 0. The van der Waals surface area contributed by atoms with Crippen molar-refractivity contribution in [2.75, 3.05) is 30.5 Å². The van der Waals surface area contributed by atoms with Crippen LogP contribution in [0.3, 0.4) is 0 Å². The van der Waals surface area contributed by atoms with E-state index in [4.69, 9.17) is 14.8 Å². The number of nitrogen functional groups attached to an aromatic ring is 1. The first-order chi connectivity index (χ1) is 29.2. The molecular weight excluding hydrogens is 1010 g/mol. The first-order valence-electron chi connectivity index (χ1n) is 16.4. The first-order valence-corrected chi connectivity index (χ1v) is 26.8. The van der Waals surface area contributed by atoms with E-state index in [1.165, 1.54) is 0 Å². The van der Waals surface area contributed by atoms with Gasteiger partial charge in [0.2, 0.25) is 0 Å². The standard InChI is InChI=1S/C30H27N5O22S7/c31-27-26-17(12-24(61(44,45)46)28(27)34-32-18-3-5-20(6-4-18)58(37,38)9-7-56-63(50,51)52)13-25(62(47,48)49)29(30(26)36)35-33-19-2-1-16-11-21(15-23(22(16)14-19)60(41,42)43)59(39,40)10-8-57-64(53,54)55/h1-6,11-15,36H,7-10,31H2,(H,41,42,43)(H,44,45,46)(H,47,48,49)(H,50,51,52)(H,53,54,55). The van der Waals surface area contributed by atoms with Crippen LogP contribution in [0.1, 0.15) is 0 Å². The van der Waals surface area contributed by atoms with Crippen molar-refractivity contribution >= 4 is 121 Å². The molecule has 5 rings (SSSR count). The zero-order valence-corrected chi connectivity index (χ0v) is 36.8. The lowest BCUT2D eigenvalue weighted by atomic mass is 10.1. The highest BCUT2D eigenvalue weighted by Gasteiger charge is 2.29. The smallest absolute Gasteiger partial charge is 0.397 e. The van der Waals surface area contributed by atoms with E-state index in [1.807, 2.05) is 0 Å². The van der Waals surface area contributed by atoms with Gasteiger partial charge in [0.1, 0.15) is 26.1 Å². The Kier molecular flexibility index (Phi) is 13.7. The number of sulfone groups is 2. The Morgan fingerprint density at radius 2 is 0.938 bits per heavy atom. The minimum Gasteiger partial charge on any atom is -0.505 e. The highest BCUT2D eigenvalue weighted by molar-refractivity contribution is 7.92. The van der Waals surface area contributed by atoms with E-state index in [0.717, 1.165) is 48.5 Å². The van der Waals surface area contributed by atoms with Crippen LogP contribution in [0.5, 0.6) is 5.75 Å². The molecule has 34 heteroatoms. The fourth-order valence-corrected chi connectivity index (χ4v) is 10.7. The van der Waals surface area contributed by atoms with Gasteiger partial charge in [-0.25, -0.2) is 25.2 Å². The number of rotatable bonds is 17. The molecule has 5 aromatic carbocycles. The van der Waals surface area contributed by atoms with Crippen LogP contribution in [-0.4, -0.2) is 112 Å². The van der Waals surface area contributed by atoms with Crippen LogP contribution in [0.2, 0.25) is 0 Å². The molecular formula is C30H27N5O22S7. The summed E-state index contributed by atoms with van der Waals surface area (Å²) in [4.78, 5) is -4.52. The number of phenolic OH excluding ortho intramolecular Hbond substituents is 1. The lowest BCUT2D eigenvalue weighted by Gasteiger charge is -2.14. The van der Waals surface area contributed by atoms with Crippen LogP contribution in [0, 0.1) is 0 Å². The van der Waals surface area contributed by atoms with E-state index in [0.29, 0.717) is 18.2 Å². The summed E-state index contributed by atoms with van der Waals surface area (Å²) in [5, 5.41) is 24.5. The number of anilines is 1. The Labute approximate surface area is 361 Å². The average molecular weight is 1030 g/mol. The van der Waals surface area contributed by atoms with Crippen LogP contribution >= 0.6 is 0 Å². The number of aromatic hydroxyl groups is 1. The van der Waals surface area contributed by atoms with Crippen LogP contribution in [0.15, 0.2) is 112 Å². The highest BCUT2D eigenvalue weighted by atomic mass is 32.3. The molecule has 0 bridgehead atoms. The van der Waals surface area contributed by atoms with Crippen molar-refractivity contribution in [3.63, 3.8) is 0 Å². The molecule has 0 aliphatic heterocycles. The summed E-state index contributed by atoms with van der Waals surface area (Å²) in [5.74, 6) is -3.19. The lowest BCUT2D eigenvalue weighted by molar-refractivity contribution is 0.282. The van der Waals surface area contributed by atoms with E-state index in [2.05, 4.69) is 28.8 Å². The van der Waals surface area contributed by atoms with Gasteiger partial charge in [-0.05, 0) is 71.4 Å². The molecule has 0 unspecified atom stereocenters. The van der Waals surface area contributed by atoms with Gasteiger partial charge in [0, 0.05) is 5.39 Å². The predicted octanol–water partition coefficient (Wildman–Crippen LogP) is 3.04. The van der Waals surface area contributed by atoms with Crippen LogP contribution in [0.25, 0.3) is 21.5 Å². The second-order valence-electron chi connectivity index (χ2n) is 12.6. The Hall–Kier alpha value is -5.21. The van der Waals surface area contributed by atoms with Gasteiger partial charge in [-0.2, -0.15) is 52.3 Å². The van der Waals surface area contributed by atoms with E-state index < -0.39 is 154 Å². The van der Waals surface area contributed by atoms with Crippen LogP contribution < -0.4 is 5.73 Å². The number of hydrogen-bond acceptors (Lipinski definition) is 22. The summed E-state index contributed by atoms with van der Waals surface area (Å²) in [6.45, 7) is -2.02. The van der Waals surface area contributed by atoms with Crippen molar-refractivity contribution in [2.24, 2.45) is 20.5 Å². The number of nitrogens with zero attached hydrogens (tertiary/aromatic N) is 4. The molecule has 0 aromatic heterocycles. The second-order valence-corrected chi connectivity index (χ2v) is 23.2. The Morgan fingerprint density at radius 1 is 0.484 bits per heavy atom. The third-order valence-corrected chi connectivity index (χ3v) is 15.2. The second kappa shape index (κ2) is 17.6. The van der Waals surface area contributed by atoms with E-state index in [9.17, 15) is 77.7 Å². The maximum absolute atomic E-state index is 12.8. The Bertz CT molecular complexity index is 3620. The quantitative estimate of drug-likeness (QED) is 0.0400. The Morgan fingerprint density at radius 3 is 1.44 bits per heavy atom.